The summed E-state index contributed by atoms with van der Waals surface area (Å²) in [6.07, 6.45) is 7.11. The zero-order chi connectivity index (χ0) is 33.5. The molecular weight excluding hydrogens is 619 g/mol. The van der Waals surface area contributed by atoms with Crippen LogP contribution in [0.2, 0.25) is 0 Å². The Morgan fingerprint density at radius 2 is 1.00 bits per heavy atom. The number of benzene rings is 7. The van der Waals surface area contributed by atoms with Gasteiger partial charge in [0.15, 0.2) is 0 Å². The molecule has 0 radical (unpaired) electrons. The van der Waals surface area contributed by atoms with Crippen LogP contribution in [0.5, 0.6) is 0 Å². The Kier molecular flexibility index (Phi) is 6.20. The number of fused-ring (bicyclic) bond motifs is 10. The zero-order valence-electron chi connectivity index (χ0n) is 28.2. The molecule has 51 heavy (non-hydrogen) atoms. The van der Waals surface area contributed by atoms with Gasteiger partial charge in [-0.25, -0.2) is 0 Å². The van der Waals surface area contributed by atoms with Crippen LogP contribution in [0.3, 0.4) is 0 Å². The van der Waals surface area contributed by atoms with Crippen LogP contribution in [0.25, 0.3) is 66.1 Å². The average molecular weight is 654 g/mol. The number of hydrogen-bond acceptors (Lipinski definition) is 1. The highest BCUT2D eigenvalue weighted by Crippen LogP contribution is 2.55. The van der Waals surface area contributed by atoms with Gasteiger partial charge in [0.05, 0.1) is 33.8 Å². The molecule has 3 nitrogen and oxygen atoms in total. The highest BCUT2D eigenvalue weighted by atomic mass is 15.2. The fourth-order valence-electron chi connectivity index (χ4n) is 9.36. The number of nitrogens with zero attached hydrogens (tertiary/aromatic N) is 3. The molecule has 0 fully saturated rings. The molecule has 0 saturated carbocycles. The van der Waals surface area contributed by atoms with E-state index in [-0.39, 0.29) is 6.04 Å². The van der Waals surface area contributed by atoms with E-state index in [4.69, 9.17) is 0 Å². The Balaban J connectivity index is 1.17. The first-order valence-corrected chi connectivity index (χ1v) is 18.1. The molecular formula is C48H35N3. The second-order valence-electron chi connectivity index (χ2n) is 14.0. The summed E-state index contributed by atoms with van der Waals surface area (Å²) >= 11 is 0. The van der Waals surface area contributed by atoms with E-state index in [2.05, 4.69) is 190 Å². The predicted octanol–water partition coefficient (Wildman–Crippen LogP) is 12.5. The highest BCUT2D eigenvalue weighted by Gasteiger charge is 2.41. The minimum Gasteiger partial charge on any atom is -0.333 e. The molecule has 0 amide bonds. The van der Waals surface area contributed by atoms with Gasteiger partial charge >= 0.3 is 0 Å². The molecule has 3 heterocycles. The third kappa shape index (κ3) is 4.06. The van der Waals surface area contributed by atoms with Gasteiger partial charge in [0.2, 0.25) is 0 Å². The van der Waals surface area contributed by atoms with Crippen LogP contribution < -0.4 is 4.90 Å². The van der Waals surface area contributed by atoms with Gasteiger partial charge in [0.1, 0.15) is 0 Å². The third-order valence-corrected chi connectivity index (χ3v) is 11.4. The van der Waals surface area contributed by atoms with E-state index in [1.165, 1.54) is 83.1 Å². The molecule has 0 bridgehead atoms. The van der Waals surface area contributed by atoms with Crippen molar-refractivity contribution in [2.45, 2.75) is 24.8 Å². The monoisotopic (exact) mass is 653 g/mol. The topological polar surface area (TPSA) is 13.1 Å². The Labute approximate surface area is 296 Å². The van der Waals surface area contributed by atoms with Gasteiger partial charge < -0.3 is 14.0 Å². The Bertz CT molecular complexity index is 2780. The molecule has 11 rings (SSSR count). The lowest BCUT2D eigenvalue weighted by molar-refractivity contribution is 0.575. The van der Waals surface area contributed by atoms with E-state index >= 15 is 0 Å². The Morgan fingerprint density at radius 3 is 1.73 bits per heavy atom. The number of allylic oxidation sites excluding steroid dienone is 1. The highest BCUT2D eigenvalue weighted by molar-refractivity contribution is 6.14. The maximum Gasteiger partial charge on any atom is 0.0592 e. The number of aromatic nitrogens is 2. The van der Waals surface area contributed by atoms with Gasteiger partial charge in [0, 0.05) is 55.7 Å². The van der Waals surface area contributed by atoms with Crippen LogP contribution in [-0.2, 0) is 0 Å². The summed E-state index contributed by atoms with van der Waals surface area (Å²) in [5.74, 6) is 0.393. The minimum atomic E-state index is 0.236. The second kappa shape index (κ2) is 11.1. The summed E-state index contributed by atoms with van der Waals surface area (Å²) in [6, 6.07) is 60.4. The minimum absolute atomic E-state index is 0.236. The summed E-state index contributed by atoms with van der Waals surface area (Å²) in [5, 5.41) is 5.27. The van der Waals surface area contributed by atoms with E-state index in [9.17, 15) is 0 Å². The fourth-order valence-corrected chi connectivity index (χ4v) is 9.36. The van der Waals surface area contributed by atoms with Crippen LogP contribution in [0, 0.1) is 0 Å². The lowest BCUT2D eigenvalue weighted by Gasteiger charge is -2.32. The van der Waals surface area contributed by atoms with Crippen molar-refractivity contribution in [3.05, 3.63) is 182 Å². The van der Waals surface area contributed by atoms with Crippen molar-refractivity contribution in [2.24, 2.45) is 0 Å². The molecule has 1 aliphatic heterocycles. The van der Waals surface area contributed by atoms with Gasteiger partial charge in [-0.3, -0.25) is 0 Å². The van der Waals surface area contributed by atoms with Gasteiger partial charge in [-0.1, -0.05) is 121 Å². The van der Waals surface area contributed by atoms with Crippen LogP contribution in [0.1, 0.15) is 24.3 Å². The molecule has 0 N–H and O–H groups in total. The van der Waals surface area contributed by atoms with Gasteiger partial charge in [0.25, 0.3) is 0 Å². The molecule has 2 aromatic heterocycles. The van der Waals surface area contributed by atoms with Crippen LogP contribution in [0.4, 0.5) is 11.4 Å². The number of hydrogen-bond donors (Lipinski definition) is 0. The largest absolute Gasteiger partial charge is 0.333 e. The van der Waals surface area contributed by atoms with Gasteiger partial charge in [-0.15, -0.1) is 0 Å². The number of para-hydroxylation sites is 6. The Morgan fingerprint density at radius 1 is 0.431 bits per heavy atom. The van der Waals surface area contributed by atoms with Crippen molar-refractivity contribution in [2.75, 3.05) is 4.90 Å². The summed E-state index contributed by atoms with van der Waals surface area (Å²) in [7, 11) is 0. The smallest absolute Gasteiger partial charge is 0.0592 e. The van der Waals surface area contributed by atoms with Crippen molar-refractivity contribution in [3.63, 3.8) is 0 Å². The van der Waals surface area contributed by atoms with E-state index in [0.29, 0.717) is 5.92 Å². The second-order valence-corrected chi connectivity index (χ2v) is 14.0. The summed E-state index contributed by atoms with van der Waals surface area (Å²) in [6.45, 7) is 0. The van der Waals surface area contributed by atoms with Crippen molar-refractivity contribution >= 4 is 55.0 Å². The Hall–Kier alpha value is -6.32. The lowest BCUT2D eigenvalue weighted by Crippen LogP contribution is -2.30. The zero-order valence-corrected chi connectivity index (χ0v) is 28.2. The molecule has 9 aromatic rings. The van der Waals surface area contributed by atoms with E-state index in [1.807, 2.05) is 0 Å². The summed E-state index contributed by atoms with van der Waals surface area (Å²) in [4.78, 5) is 2.65. The molecule has 3 heteroatoms. The molecule has 2 atom stereocenters. The van der Waals surface area contributed by atoms with E-state index in [1.54, 1.807) is 0 Å². The van der Waals surface area contributed by atoms with Crippen LogP contribution in [0.15, 0.2) is 176 Å². The average Bonchev–Trinajstić information content (AvgIpc) is 3.84. The summed E-state index contributed by atoms with van der Waals surface area (Å²) in [5.41, 5.74) is 13.9. The molecule has 0 spiro atoms. The first kappa shape index (κ1) is 28.5. The van der Waals surface area contributed by atoms with E-state index in [0.717, 1.165) is 12.8 Å². The fraction of sp³-hybridized carbons (Fsp3) is 0.0833. The predicted molar refractivity (Wildman–Crippen MR) is 214 cm³/mol. The van der Waals surface area contributed by atoms with Crippen LogP contribution in [-0.4, -0.2) is 15.2 Å². The molecule has 242 valence electrons. The number of anilines is 2. The van der Waals surface area contributed by atoms with Gasteiger partial charge in [-0.2, -0.15) is 0 Å². The molecule has 0 saturated heterocycles. The normalized spacial score (nSPS) is 16.7. The molecule has 2 unspecified atom stereocenters. The lowest BCUT2D eigenvalue weighted by atomic mass is 9.84. The van der Waals surface area contributed by atoms with Crippen molar-refractivity contribution in [3.8, 4) is 22.5 Å². The molecule has 7 aromatic carbocycles. The van der Waals surface area contributed by atoms with Crippen molar-refractivity contribution in [1.29, 1.82) is 0 Å². The maximum atomic E-state index is 2.65. The number of rotatable bonds is 4. The van der Waals surface area contributed by atoms with Crippen LogP contribution >= 0.6 is 0 Å². The maximum absolute atomic E-state index is 2.65. The molecule has 2 aliphatic rings. The molecule has 1 aliphatic carbocycles. The first-order valence-electron chi connectivity index (χ1n) is 18.1. The van der Waals surface area contributed by atoms with E-state index < -0.39 is 0 Å². The first-order chi connectivity index (χ1) is 25.4. The quantitative estimate of drug-likeness (QED) is 0.172. The summed E-state index contributed by atoms with van der Waals surface area (Å²) < 4.78 is 4.91. The van der Waals surface area contributed by atoms with Crippen molar-refractivity contribution < 1.29 is 0 Å². The third-order valence-electron chi connectivity index (χ3n) is 11.4. The SMILES string of the molecule is C1=CC2C(CC1)c1c(ccc3c1c1ccccc1n3-c1ccccc1)N2c1ccccc1-c1ccccc1-n1c2ccccc2c2ccccc21. The van der Waals surface area contributed by atoms with Gasteiger partial charge in [-0.05, 0) is 73.0 Å². The standard InChI is InChI=1S/C48H35N3/c1-2-16-32(17-3-1)49-43-28-14-8-22-37(43)47-45(49)30-31-46-48(47)38-23-9-15-29-44(38)51(46)42-27-13-7-21-36(42)35-20-6-12-26-41(35)50-39-24-10-4-18-33(39)34-19-5-11-25-40(34)50/h1-8,10-22,24-31,38,44H,9,23H2. The van der Waals surface area contributed by atoms with Crippen molar-refractivity contribution in [1.82, 2.24) is 9.13 Å².